The third-order valence-corrected chi connectivity index (χ3v) is 5.68. The van der Waals surface area contributed by atoms with E-state index in [9.17, 15) is 13.9 Å². The Kier molecular flexibility index (Phi) is 8.37. The first-order valence-corrected chi connectivity index (χ1v) is 11.2. The van der Waals surface area contributed by atoms with Crippen molar-refractivity contribution < 1.29 is 32.8 Å². The lowest BCUT2D eigenvalue weighted by Gasteiger charge is -2.29. The van der Waals surface area contributed by atoms with Crippen molar-refractivity contribution >= 4 is 0 Å². The molecule has 1 N–H and O–H groups in total. The number of hydrogen-bond donors (Lipinski definition) is 1. The normalized spacial score (nSPS) is 24.5. The van der Waals surface area contributed by atoms with Crippen molar-refractivity contribution in [3.63, 3.8) is 0 Å². The van der Waals surface area contributed by atoms with Gasteiger partial charge < -0.3 is 24.1 Å². The maximum Gasteiger partial charge on any atom is 0.294 e. The Hall–Kier alpha value is -2.68. The molecule has 0 radical (unpaired) electrons. The minimum Gasteiger partial charge on any atom is -0.374 e. The van der Waals surface area contributed by atoms with Crippen LogP contribution in [0.5, 0.6) is 0 Å². The average molecular weight is 471 g/mol. The molecule has 34 heavy (non-hydrogen) atoms. The van der Waals surface area contributed by atoms with Gasteiger partial charge in [-0.3, -0.25) is 0 Å². The van der Waals surface area contributed by atoms with Crippen LogP contribution in [-0.4, -0.2) is 42.2 Å². The second-order valence-electron chi connectivity index (χ2n) is 8.19. The van der Waals surface area contributed by atoms with Gasteiger partial charge in [0.25, 0.3) is 12.2 Å². The molecule has 1 aliphatic rings. The SMILES string of the molecule is O[C@@]1(C(F)F)O[C@H](COCc2ccccc2)[C@@H](OCc2ccccc2)[C@@H]1OCc1ccccc1. The van der Waals surface area contributed by atoms with E-state index in [-0.39, 0.29) is 26.4 Å². The number of benzene rings is 3. The Bertz CT molecular complexity index is 990. The topological polar surface area (TPSA) is 57.2 Å². The van der Waals surface area contributed by atoms with Crippen LogP contribution in [0.15, 0.2) is 91.0 Å². The number of halogens is 2. The lowest BCUT2D eigenvalue weighted by molar-refractivity contribution is -0.298. The zero-order chi connectivity index (χ0) is 23.8. The highest BCUT2D eigenvalue weighted by Gasteiger charge is 2.61. The van der Waals surface area contributed by atoms with Gasteiger partial charge in [0.05, 0.1) is 26.4 Å². The second kappa shape index (κ2) is 11.6. The van der Waals surface area contributed by atoms with E-state index in [0.29, 0.717) is 0 Å². The summed E-state index contributed by atoms with van der Waals surface area (Å²) in [5.74, 6) is -2.82. The van der Waals surface area contributed by atoms with Crippen molar-refractivity contribution in [2.24, 2.45) is 0 Å². The Morgan fingerprint density at radius 2 is 1.21 bits per heavy atom. The maximum atomic E-state index is 14.0. The Morgan fingerprint density at radius 3 is 1.71 bits per heavy atom. The van der Waals surface area contributed by atoms with Crippen molar-refractivity contribution in [2.75, 3.05) is 6.61 Å². The van der Waals surface area contributed by atoms with E-state index in [1.54, 1.807) is 0 Å². The fourth-order valence-electron chi connectivity index (χ4n) is 3.91. The molecule has 0 saturated carbocycles. The molecule has 4 atom stereocenters. The number of hydrogen-bond acceptors (Lipinski definition) is 5. The Morgan fingerprint density at radius 1 is 0.735 bits per heavy atom. The molecule has 1 fully saturated rings. The van der Waals surface area contributed by atoms with Crippen molar-refractivity contribution in [1.82, 2.24) is 0 Å². The van der Waals surface area contributed by atoms with E-state index in [4.69, 9.17) is 18.9 Å². The highest BCUT2D eigenvalue weighted by Crippen LogP contribution is 2.39. The van der Waals surface area contributed by atoms with Gasteiger partial charge in [0.15, 0.2) is 0 Å². The molecule has 7 heteroatoms. The van der Waals surface area contributed by atoms with Gasteiger partial charge in [0, 0.05) is 0 Å². The number of rotatable bonds is 11. The van der Waals surface area contributed by atoms with Crippen LogP contribution in [-0.2, 0) is 38.8 Å². The molecule has 3 aromatic rings. The Labute approximate surface area is 197 Å². The van der Waals surface area contributed by atoms with Gasteiger partial charge in [0.2, 0.25) is 0 Å². The van der Waals surface area contributed by atoms with E-state index in [1.807, 2.05) is 91.0 Å². The predicted octanol–water partition coefficient (Wildman–Crippen LogP) is 4.73. The average Bonchev–Trinajstić information content (AvgIpc) is 3.15. The summed E-state index contributed by atoms with van der Waals surface area (Å²) < 4.78 is 51.2. The number of alkyl halides is 2. The van der Waals surface area contributed by atoms with E-state index in [1.165, 1.54) is 0 Å². The molecule has 0 aromatic heterocycles. The molecule has 0 unspecified atom stereocenters. The quantitative estimate of drug-likeness (QED) is 0.439. The second-order valence-corrected chi connectivity index (χ2v) is 8.19. The molecule has 0 amide bonds. The summed E-state index contributed by atoms with van der Waals surface area (Å²) in [6.07, 6.45) is -6.54. The fourth-order valence-corrected chi connectivity index (χ4v) is 3.91. The van der Waals surface area contributed by atoms with Gasteiger partial charge in [-0.25, -0.2) is 8.78 Å². The summed E-state index contributed by atoms with van der Waals surface area (Å²) in [7, 11) is 0. The van der Waals surface area contributed by atoms with Gasteiger partial charge in [-0.15, -0.1) is 0 Å². The van der Waals surface area contributed by atoms with Gasteiger partial charge in [-0.05, 0) is 16.7 Å². The lowest BCUT2D eigenvalue weighted by atomic mass is 10.0. The van der Waals surface area contributed by atoms with Crippen LogP contribution in [0, 0.1) is 0 Å². The molecule has 4 rings (SSSR count). The fraction of sp³-hybridized carbons (Fsp3) is 0.333. The summed E-state index contributed by atoms with van der Waals surface area (Å²) in [6, 6.07) is 28.0. The molecule has 0 aliphatic carbocycles. The summed E-state index contributed by atoms with van der Waals surface area (Å²) in [4.78, 5) is 0. The van der Waals surface area contributed by atoms with Crippen molar-refractivity contribution in [3.8, 4) is 0 Å². The van der Waals surface area contributed by atoms with Crippen LogP contribution in [0.3, 0.4) is 0 Å². The summed E-state index contributed by atoms with van der Waals surface area (Å²) >= 11 is 0. The van der Waals surface area contributed by atoms with Crippen molar-refractivity contribution in [2.45, 2.75) is 50.3 Å². The molecule has 180 valence electrons. The lowest BCUT2D eigenvalue weighted by Crippen LogP contribution is -2.51. The van der Waals surface area contributed by atoms with Crippen molar-refractivity contribution in [1.29, 1.82) is 0 Å². The smallest absolute Gasteiger partial charge is 0.294 e. The standard InChI is InChI=1S/C27H28F2O5/c28-26(29)27(30)25(33-18-22-14-8-3-9-15-22)24(32-17-21-12-6-2-7-13-21)23(34-27)19-31-16-20-10-4-1-5-11-20/h1-15,23-26,30H,16-19H2/t23-,24-,25+,27-/m1/s1. The first-order valence-electron chi connectivity index (χ1n) is 11.2. The highest BCUT2D eigenvalue weighted by molar-refractivity contribution is 5.15. The van der Waals surface area contributed by atoms with Crippen LogP contribution < -0.4 is 0 Å². The van der Waals surface area contributed by atoms with E-state index >= 15 is 0 Å². The predicted molar refractivity (Wildman–Crippen MR) is 122 cm³/mol. The molecule has 5 nitrogen and oxygen atoms in total. The van der Waals surface area contributed by atoms with Gasteiger partial charge >= 0.3 is 0 Å². The third kappa shape index (κ3) is 6.05. The Balaban J connectivity index is 1.50. The molecule has 1 aliphatic heterocycles. The number of aliphatic hydroxyl groups is 1. The molecule has 0 spiro atoms. The minimum atomic E-state index is -3.20. The van der Waals surface area contributed by atoms with Crippen LogP contribution in [0.2, 0.25) is 0 Å². The van der Waals surface area contributed by atoms with E-state index < -0.39 is 30.5 Å². The van der Waals surface area contributed by atoms with E-state index in [0.717, 1.165) is 16.7 Å². The van der Waals surface area contributed by atoms with Crippen molar-refractivity contribution in [3.05, 3.63) is 108 Å². The summed E-state index contributed by atoms with van der Waals surface area (Å²) in [6.45, 7) is 0.393. The van der Waals surface area contributed by atoms with Gasteiger partial charge in [-0.2, -0.15) is 0 Å². The highest BCUT2D eigenvalue weighted by atomic mass is 19.3. The summed E-state index contributed by atoms with van der Waals surface area (Å²) in [5.41, 5.74) is 2.58. The molecule has 0 bridgehead atoms. The zero-order valence-corrected chi connectivity index (χ0v) is 18.6. The molecular weight excluding hydrogens is 442 g/mol. The first kappa shape index (κ1) is 24.4. The van der Waals surface area contributed by atoms with Gasteiger partial charge in [0.1, 0.15) is 18.3 Å². The molecule has 3 aromatic carbocycles. The van der Waals surface area contributed by atoms with Crippen LogP contribution in [0.4, 0.5) is 8.78 Å². The van der Waals surface area contributed by atoms with E-state index in [2.05, 4.69) is 0 Å². The van der Waals surface area contributed by atoms with Crippen LogP contribution >= 0.6 is 0 Å². The minimum absolute atomic E-state index is 0.0205. The number of ether oxygens (including phenoxy) is 4. The molecule has 1 heterocycles. The maximum absolute atomic E-state index is 14.0. The third-order valence-electron chi connectivity index (χ3n) is 5.68. The monoisotopic (exact) mass is 470 g/mol. The molecular formula is C27H28F2O5. The summed E-state index contributed by atoms with van der Waals surface area (Å²) in [5, 5.41) is 10.8. The molecule has 1 saturated heterocycles. The largest absolute Gasteiger partial charge is 0.374 e. The first-order chi connectivity index (χ1) is 16.6. The zero-order valence-electron chi connectivity index (χ0n) is 18.6. The van der Waals surface area contributed by atoms with Crippen LogP contribution in [0.1, 0.15) is 16.7 Å². The van der Waals surface area contributed by atoms with Crippen LogP contribution in [0.25, 0.3) is 0 Å². The van der Waals surface area contributed by atoms with Gasteiger partial charge in [-0.1, -0.05) is 91.0 Å².